The first-order valence-corrected chi connectivity index (χ1v) is 4.77. The van der Waals surface area contributed by atoms with Crippen LogP contribution in [0, 0.1) is 0 Å². The van der Waals surface area contributed by atoms with E-state index in [1.807, 2.05) is 6.92 Å². The summed E-state index contributed by atoms with van der Waals surface area (Å²) in [6.45, 7) is 7.99. The molecule has 82 valence electrons. The molecule has 4 nitrogen and oxygen atoms in total. The molecule has 14 heavy (non-hydrogen) atoms. The lowest BCUT2D eigenvalue weighted by Gasteiger charge is -2.26. The highest BCUT2D eigenvalue weighted by Gasteiger charge is 2.14. The fourth-order valence-corrected chi connectivity index (χ4v) is 0.999. The van der Waals surface area contributed by atoms with E-state index >= 15 is 0 Å². The molecular weight excluding hydrogens is 180 g/mol. The molecule has 0 rings (SSSR count). The molecule has 0 heterocycles. The molecule has 0 radical (unpaired) electrons. The van der Waals surface area contributed by atoms with Gasteiger partial charge in [-0.25, -0.2) is 4.79 Å². The van der Waals surface area contributed by atoms with Crippen molar-refractivity contribution < 1.29 is 9.53 Å². The van der Waals surface area contributed by atoms with Crippen molar-refractivity contribution in [2.45, 2.75) is 6.92 Å². The Bertz CT molecular complexity index is 183. The van der Waals surface area contributed by atoms with E-state index < -0.39 is 0 Å². The van der Waals surface area contributed by atoms with E-state index in [0.717, 1.165) is 0 Å². The molecule has 0 bridgehead atoms. The van der Waals surface area contributed by atoms with Gasteiger partial charge in [-0.1, -0.05) is 6.08 Å². The van der Waals surface area contributed by atoms with E-state index in [0.29, 0.717) is 26.2 Å². The molecule has 4 heteroatoms. The Hall–Kier alpha value is -1.03. The van der Waals surface area contributed by atoms with Gasteiger partial charge in [-0.15, -0.1) is 6.58 Å². The van der Waals surface area contributed by atoms with E-state index in [1.54, 1.807) is 30.0 Å². The zero-order valence-electron chi connectivity index (χ0n) is 9.32. The first-order chi connectivity index (χ1) is 6.67. The third kappa shape index (κ3) is 4.28. The molecule has 0 N–H and O–H groups in total. The molecule has 2 amide bonds. The summed E-state index contributed by atoms with van der Waals surface area (Å²) in [7, 11) is 3.41. The normalized spacial score (nSPS) is 9.64. The average molecular weight is 200 g/mol. The number of carbonyl (C=O) groups excluding carboxylic acids is 1. The third-order valence-corrected chi connectivity index (χ3v) is 1.99. The van der Waals surface area contributed by atoms with Gasteiger partial charge in [0.05, 0.1) is 6.61 Å². The number of amides is 2. The molecule has 0 aliphatic heterocycles. The van der Waals surface area contributed by atoms with Gasteiger partial charge in [0.25, 0.3) is 0 Å². The fraction of sp³-hybridized carbons (Fsp3) is 0.700. The molecule has 0 aromatic rings. The average Bonchev–Trinajstić information content (AvgIpc) is 2.22. The second-order valence-corrected chi connectivity index (χ2v) is 3.02. The van der Waals surface area contributed by atoms with Crippen LogP contribution < -0.4 is 0 Å². The number of urea groups is 1. The van der Waals surface area contributed by atoms with E-state index in [1.165, 1.54) is 0 Å². The standard InChI is InChI=1S/C10H20N2O2/c1-5-7-12(8-9-14-4)10(13)11(3)6-2/h5H,1,6-9H2,2-4H3. The van der Waals surface area contributed by atoms with Gasteiger partial charge in [0.2, 0.25) is 0 Å². The molecular formula is C10H20N2O2. The number of carbonyl (C=O) groups is 1. The van der Waals surface area contributed by atoms with Gasteiger partial charge in [0, 0.05) is 33.8 Å². The molecule has 0 saturated heterocycles. The quantitative estimate of drug-likeness (QED) is 0.603. The lowest BCUT2D eigenvalue weighted by molar-refractivity contribution is 0.137. The predicted molar refractivity (Wildman–Crippen MR) is 57.3 cm³/mol. The van der Waals surface area contributed by atoms with Crippen molar-refractivity contribution >= 4 is 6.03 Å². The molecule has 0 saturated carbocycles. The van der Waals surface area contributed by atoms with Gasteiger partial charge in [0.1, 0.15) is 0 Å². The van der Waals surface area contributed by atoms with Crippen LogP contribution in [0.5, 0.6) is 0 Å². The van der Waals surface area contributed by atoms with E-state index in [9.17, 15) is 4.79 Å². The van der Waals surface area contributed by atoms with Gasteiger partial charge in [-0.3, -0.25) is 0 Å². The Morgan fingerprint density at radius 3 is 2.64 bits per heavy atom. The summed E-state index contributed by atoms with van der Waals surface area (Å²) in [5, 5.41) is 0. The fourth-order valence-electron chi connectivity index (χ4n) is 0.999. The summed E-state index contributed by atoms with van der Waals surface area (Å²) < 4.78 is 4.94. The lowest BCUT2D eigenvalue weighted by atomic mass is 10.4. The van der Waals surface area contributed by atoms with Crippen molar-refractivity contribution in [3.63, 3.8) is 0 Å². The maximum atomic E-state index is 11.7. The minimum absolute atomic E-state index is 0.0180. The van der Waals surface area contributed by atoms with Gasteiger partial charge in [0.15, 0.2) is 0 Å². The van der Waals surface area contributed by atoms with E-state index in [4.69, 9.17) is 4.74 Å². The summed E-state index contributed by atoms with van der Waals surface area (Å²) in [4.78, 5) is 15.1. The highest BCUT2D eigenvalue weighted by Crippen LogP contribution is 1.97. The maximum absolute atomic E-state index is 11.7. The zero-order valence-corrected chi connectivity index (χ0v) is 9.32. The molecule has 0 aliphatic carbocycles. The van der Waals surface area contributed by atoms with Crippen LogP contribution in [0.3, 0.4) is 0 Å². The SMILES string of the molecule is C=CCN(CCOC)C(=O)N(C)CC. The Kier molecular flexibility index (Phi) is 6.84. The largest absolute Gasteiger partial charge is 0.383 e. The molecule has 0 aromatic carbocycles. The van der Waals surface area contributed by atoms with Crippen molar-refractivity contribution in [3.05, 3.63) is 12.7 Å². The second kappa shape index (κ2) is 7.38. The van der Waals surface area contributed by atoms with Gasteiger partial charge >= 0.3 is 6.03 Å². The molecule has 0 unspecified atom stereocenters. The van der Waals surface area contributed by atoms with Crippen LogP contribution in [-0.4, -0.2) is 56.2 Å². The first kappa shape index (κ1) is 13.0. The Morgan fingerprint density at radius 2 is 2.21 bits per heavy atom. The number of rotatable bonds is 6. The van der Waals surface area contributed by atoms with Crippen molar-refractivity contribution in [2.24, 2.45) is 0 Å². The molecule has 0 aliphatic rings. The minimum Gasteiger partial charge on any atom is -0.383 e. The van der Waals surface area contributed by atoms with Crippen LogP contribution in [0.4, 0.5) is 4.79 Å². The van der Waals surface area contributed by atoms with Gasteiger partial charge in [-0.2, -0.15) is 0 Å². The topological polar surface area (TPSA) is 32.8 Å². The number of methoxy groups -OCH3 is 1. The van der Waals surface area contributed by atoms with Crippen molar-refractivity contribution in [1.82, 2.24) is 9.80 Å². The van der Waals surface area contributed by atoms with Crippen LogP contribution in [0.2, 0.25) is 0 Å². The molecule has 0 atom stereocenters. The highest BCUT2D eigenvalue weighted by molar-refractivity contribution is 5.74. The summed E-state index contributed by atoms with van der Waals surface area (Å²) >= 11 is 0. The Labute approximate surface area is 86.1 Å². The Morgan fingerprint density at radius 1 is 1.57 bits per heavy atom. The first-order valence-electron chi connectivity index (χ1n) is 4.77. The van der Waals surface area contributed by atoms with Gasteiger partial charge in [-0.05, 0) is 6.92 Å². The van der Waals surface area contributed by atoms with Crippen LogP contribution in [0.1, 0.15) is 6.92 Å². The van der Waals surface area contributed by atoms with Crippen LogP contribution in [0.25, 0.3) is 0 Å². The highest BCUT2D eigenvalue weighted by atomic mass is 16.5. The van der Waals surface area contributed by atoms with Crippen molar-refractivity contribution in [1.29, 1.82) is 0 Å². The van der Waals surface area contributed by atoms with Crippen LogP contribution in [0.15, 0.2) is 12.7 Å². The summed E-state index contributed by atoms with van der Waals surface area (Å²) in [5.41, 5.74) is 0. The lowest BCUT2D eigenvalue weighted by Crippen LogP contribution is -2.42. The third-order valence-electron chi connectivity index (χ3n) is 1.99. The van der Waals surface area contributed by atoms with Crippen molar-refractivity contribution in [3.8, 4) is 0 Å². The van der Waals surface area contributed by atoms with Crippen molar-refractivity contribution in [2.75, 3.05) is 40.4 Å². The summed E-state index contributed by atoms with van der Waals surface area (Å²) in [6.07, 6.45) is 1.72. The molecule has 0 spiro atoms. The predicted octanol–water partition coefficient (Wildman–Crippen LogP) is 1.19. The van der Waals surface area contributed by atoms with E-state index in [2.05, 4.69) is 6.58 Å². The second-order valence-electron chi connectivity index (χ2n) is 3.02. The summed E-state index contributed by atoms with van der Waals surface area (Å²) in [6, 6.07) is 0.0180. The monoisotopic (exact) mass is 200 g/mol. The molecule has 0 fully saturated rings. The van der Waals surface area contributed by atoms with Crippen LogP contribution in [-0.2, 0) is 4.74 Å². The number of hydrogen-bond donors (Lipinski definition) is 0. The van der Waals surface area contributed by atoms with E-state index in [-0.39, 0.29) is 6.03 Å². The van der Waals surface area contributed by atoms with Gasteiger partial charge < -0.3 is 14.5 Å². The number of hydrogen-bond acceptors (Lipinski definition) is 2. The molecule has 0 aromatic heterocycles. The Balaban J connectivity index is 4.16. The minimum atomic E-state index is 0.0180. The number of nitrogens with zero attached hydrogens (tertiary/aromatic N) is 2. The summed E-state index contributed by atoms with van der Waals surface area (Å²) in [5.74, 6) is 0. The number of ether oxygens (including phenoxy) is 1. The maximum Gasteiger partial charge on any atom is 0.320 e. The zero-order chi connectivity index (χ0) is 11.0. The van der Waals surface area contributed by atoms with Crippen LogP contribution >= 0.6 is 0 Å². The smallest absolute Gasteiger partial charge is 0.320 e.